The number of likely N-dealkylation sites (tertiary alicyclic amines) is 1. The molecule has 1 aliphatic carbocycles. The van der Waals surface area contributed by atoms with Gasteiger partial charge in [-0.1, -0.05) is 12.2 Å². The zero-order chi connectivity index (χ0) is 15.7. The van der Waals surface area contributed by atoms with Gasteiger partial charge < -0.3 is 15.4 Å². The lowest BCUT2D eigenvalue weighted by Gasteiger charge is -2.27. The minimum Gasteiger partial charge on any atom is -0.495 e. The Kier molecular flexibility index (Phi) is 3.92. The number of amides is 1. The fraction of sp³-hybridized carbons (Fsp3) is 0.538. The number of carbonyl (C=O) groups excluding carboxylic acids is 1. The number of ether oxygens (including phenoxy) is 1. The molecule has 0 spiro atoms. The van der Waals surface area contributed by atoms with Gasteiger partial charge in [0.15, 0.2) is 0 Å². The van der Waals surface area contributed by atoms with Crippen LogP contribution in [0.25, 0.3) is 0 Å². The second kappa shape index (κ2) is 5.73. The average Bonchev–Trinajstić information content (AvgIpc) is 2.82. The summed E-state index contributed by atoms with van der Waals surface area (Å²) in [6.45, 7) is 1.64. The zero-order valence-corrected chi connectivity index (χ0v) is 12.8. The van der Waals surface area contributed by atoms with Gasteiger partial charge in [-0.25, -0.2) is 0 Å². The lowest BCUT2D eigenvalue weighted by molar-refractivity contribution is -0.128. The van der Waals surface area contributed by atoms with Crippen LogP contribution in [0.4, 0.5) is 0 Å². The van der Waals surface area contributed by atoms with Crippen LogP contribution in [-0.4, -0.2) is 50.8 Å². The molecule has 0 aromatic carbocycles. The Hall–Kier alpha value is -1.87. The maximum absolute atomic E-state index is 11.5. The van der Waals surface area contributed by atoms with Crippen molar-refractivity contribution in [1.82, 2.24) is 9.62 Å². The molecule has 1 atom stereocenters. The van der Waals surface area contributed by atoms with Gasteiger partial charge in [0, 0.05) is 19.4 Å². The van der Waals surface area contributed by atoms with E-state index in [0.29, 0.717) is 37.3 Å². The number of hydrogen-bond donors (Lipinski definition) is 2. The van der Waals surface area contributed by atoms with E-state index in [2.05, 4.69) is 9.12 Å². The van der Waals surface area contributed by atoms with E-state index in [4.69, 9.17) is 10.5 Å². The Morgan fingerprint density at radius 1 is 1.50 bits per heavy atom. The molecule has 1 amide bonds. The highest BCUT2D eigenvalue weighted by Crippen LogP contribution is 2.25. The number of allylic oxidation sites excluding steroid dienone is 1. The van der Waals surface area contributed by atoms with Crippen LogP contribution in [-0.2, 0) is 19.7 Å². The Bertz CT molecular complexity index is 680. The Labute approximate surface area is 128 Å². The van der Waals surface area contributed by atoms with Gasteiger partial charge in [0.2, 0.25) is 5.91 Å². The third-order valence-electron chi connectivity index (χ3n) is 3.82. The first-order valence-electron chi connectivity index (χ1n) is 7.14. The summed E-state index contributed by atoms with van der Waals surface area (Å²) in [5.41, 5.74) is 6.33. The Morgan fingerprint density at radius 3 is 3.05 bits per heavy atom. The molecule has 2 aliphatic heterocycles. The van der Waals surface area contributed by atoms with Gasteiger partial charge in [0.1, 0.15) is 18.2 Å². The summed E-state index contributed by atoms with van der Waals surface area (Å²) in [7, 11) is -3.75. The normalized spacial score (nSPS) is 26.9. The largest absolute Gasteiger partial charge is 0.495 e. The number of nitrogens with one attached hydrogen (secondary N) is 1. The van der Waals surface area contributed by atoms with Crippen LogP contribution in [0, 0.1) is 0 Å². The predicted molar refractivity (Wildman–Crippen MR) is 80.0 cm³/mol. The molecule has 3 aliphatic rings. The van der Waals surface area contributed by atoms with E-state index in [1.54, 1.807) is 11.0 Å². The van der Waals surface area contributed by atoms with Gasteiger partial charge in [-0.15, -0.1) is 4.40 Å². The molecule has 3 N–H and O–H groups in total. The van der Waals surface area contributed by atoms with E-state index < -0.39 is 16.3 Å². The van der Waals surface area contributed by atoms with Crippen LogP contribution >= 0.6 is 0 Å². The quantitative estimate of drug-likeness (QED) is 0.671. The molecule has 0 aromatic rings. The molecular weight excluding hydrogens is 308 g/mol. The topological polar surface area (TPSA) is 114 Å². The van der Waals surface area contributed by atoms with Gasteiger partial charge in [0.05, 0.1) is 18.2 Å². The van der Waals surface area contributed by atoms with Gasteiger partial charge in [-0.2, -0.15) is 13.1 Å². The molecule has 3 rings (SSSR count). The number of fused-ring (bicyclic) bond motifs is 1. The number of nitrogens with zero attached hydrogens (tertiary/aromatic N) is 2. The van der Waals surface area contributed by atoms with Crippen molar-refractivity contribution in [1.29, 1.82) is 0 Å². The van der Waals surface area contributed by atoms with Crippen LogP contribution in [0.3, 0.4) is 0 Å². The second-order valence-electron chi connectivity index (χ2n) is 5.35. The molecule has 22 heavy (non-hydrogen) atoms. The van der Waals surface area contributed by atoms with Crippen LogP contribution in [0.15, 0.2) is 27.9 Å². The number of hydrogen-bond acceptors (Lipinski definition) is 5. The zero-order valence-electron chi connectivity index (χ0n) is 12.0. The van der Waals surface area contributed by atoms with E-state index in [1.165, 1.54) is 0 Å². The summed E-state index contributed by atoms with van der Waals surface area (Å²) in [6.07, 6.45) is 5.56. The second-order valence-corrected chi connectivity index (χ2v) is 6.72. The molecule has 0 unspecified atom stereocenters. The maximum atomic E-state index is 11.5. The highest BCUT2D eigenvalue weighted by molar-refractivity contribution is 7.88. The summed E-state index contributed by atoms with van der Waals surface area (Å²) >= 11 is 0. The lowest BCUT2D eigenvalue weighted by atomic mass is 9.98. The molecule has 1 saturated heterocycles. The van der Waals surface area contributed by atoms with Crippen LogP contribution in [0.1, 0.15) is 19.3 Å². The molecule has 8 nitrogen and oxygen atoms in total. The third kappa shape index (κ3) is 3.00. The molecule has 1 fully saturated rings. The van der Waals surface area contributed by atoms with Crippen molar-refractivity contribution in [3.05, 3.63) is 23.5 Å². The highest BCUT2D eigenvalue weighted by Gasteiger charge is 2.32. The van der Waals surface area contributed by atoms with E-state index in [0.717, 1.165) is 13.0 Å². The molecule has 0 aromatic heterocycles. The van der Waals surface area contributed by atoms with Crippen LogP contribution < -0.4 is 10.5 Å². The lowest BCUT2D eigenvalue weighted by Crippen LogP contribution is -2.45. The molecular formula is C13H18N4O4S. The summed E-state index contributed by atoms with van der Waals surface area (Å²) in [4.78, 5) is 13.3. The fourth-order valence-corrected chi connectivity index (χ4v) is 3.74. The first kappa shape index (κ1) is 15.0. The highest BCUT2D eigenvalue weighted by atomic mass is 32.2. The van der Waals surface area contributed by atoms with Crippen molar-refractivity contribution in [3.8, 4) is 0 Å². The minimum atomic E-state index is -3.75. The number of rotatable bonds is 4. The summed E-state index contributed by atoms with van der Waals surface area (Å²) < 4.78 is 34.7. The van der Waals surface area contributed by atoms with Crippen molar-refractivity contribution in [2.24, 2.45) is 10.1 Å². The molecule has 120 valence electrons. The summed E-state index contributed by atoms with van der Waals surface area (Å²) in [5, 5.41) is 0. The predicted octanol–water partition coefficient (Wildman–Crippen LogP) is -0.587. The minimum absolute atomic E-state index is 0.0413. The molecule has 9 heteroatoms. The standard InChI is InChI=1S/C13H18N4O4S/c14-13-12-9(15-22(19,20)16-13)3-1-4-10(12)21-8-7-17-6-2-5-11(17)18/h1,3,9,15H,2,4-8H2,(H2,14,16)/t9-/m0/s1. The van der Waals surface area contributed by atoms with Gasteiger partial charge in [-0.05, 0) is 6.42 Å². The van der Waals surface area contributed by atoms with Gasteiger partial charge in [-0.3, -0.25) is 4.79 Å². The van der Waals surface area contributed by atoms with Crippen molar-refractivity contribution in [2.75, 3.05) is 19.7 Å². The van der Waals surface area contributed by atoms with E-state index in [9.17, 15) is 13.2 Å². The van der Waals surface area contributed by atoms with E-state index >= 15 is 0 Å². The first-order chi connectivity index (χ1) is 10.5. The van der Waals surface area contributed by atoms with Crippen molar-refractivity contribution in [2.45, 2.75) is 25.3 Å². The van der Waals surface area contributed by atoms with Crippen molar-refractivity contribution < 1.29 is 17.9 Å². The van der Waals surface area contributed by atoms with Crippen molar-refractivity contribution >= 4 is 22.0 Å². The monoisotopic (exact) mass is 326 g/mol. The van der Waals surface area contributed by atoms with Crippen molar-refractivity contribution in [3.63, 3.8) is 0 Å². The van der Waals surface area contributed by atoms with E-state index in [-0.39, 0.29) is 11.7 Å². The number of carbonyl (C=O) groups is 1. The average molecular weight is 326 g/mol. The first-order valence-corrected chi connectivity index (χ1v) is 8.58. The van der Waals surface area contributed by atoms with Crippen LogP contribution in [0.2, 0.25) is 0 Å². The summed E-state index contributed by atoms with van der Waals surface area (Å²) in [6, 6.07) is -0.542. The number of amidine groups is 1. The van der Waals surface area contributed by atoms with Crippen LogP contribution in [0.5, 0.6) is 0 Å². The SMILES string of the molecule is NC1=NS(=O)(=O)N[C@H]2C=CCC(OCCN3CCCC3=O)=C12. The maximum Gasteiger partial charge on any atom is 0.322 e. The Morgan fingerprint density at radius 2 is 2.32 bits per heavy atom. The van der Waals surface area contributed by atoms with E-state index in [1.807, 2.05) is 6.08 Å². The molecule has 2 heterocycles. The summed E-state index contributed by atoms with van der Waals surface area (Å²) in [5.74, 6) is 0.706. The Balaban J connectivity index is 1.71. The molecule has 0 bridgehead atoms. The molecule has 0 saturated carbocycles. The fourth-order valence-electron chi connectivity index (χ4n) is 2.81. The smallest absolute Gasteiger partial charge is 0.322 e. The molecule has 0 radical (unpaired) electrons. The number of nitrogens with two attached hydrogens (primary N) is 1. The van der Waals surface area contributed by atoms with Gasteiger partial charge in [0.25, 0.3) is 0 Å². The third-order valence-corrected chi connectivity index (χ3v) is 4.81. The van der Waals surface area contributed by atoms with Gasteiger partial charge >= 0.3 is 10.2 Å².